The number of rotatable bonds is 6. The van der Waals surface area contributed by atoms with E-state index in [4.69, 9.17) is 11.6 Å². The van der Waals surface area contributed by atoms with Crippen LogP contribution < -0.4 is 5.32 Å². The van der Waals surface area contributed by atoms with Crippen LogP contribution in [0.5, 0.6) is 0 Å². The van der Waals surface area contributed by atoms with Crippen molar-refractivity contribution in [3.05, 3.63) is 56.7 Å². The minimum Gasteiger partial charge on any atom is -0.306 e. The molecule has 0 amide bonds. The first-order chi connectivity index (χ1) is 10.3. The van der Waals surface area contributed by atoms with E-state index in [0.717, 1.165) is 23.9 Å². The molecule has 3 heteroatoms. The zero-order valence-corrected chi connectivity index (χ0v) is 14.0. The minimum absolute atomic E-state index is 0.220. The molecule has 1 unspecified atom stereocenters. The third-order valence-electron chi connectivity index (χ3n) is 4.33. The Kier molecular flexibility index (Phi) is 4.99. The van der Waals surface area contributed by atoms with E-state index in [1.165, 1.54) is 35.3 Å². The predicted octanol–water partition coefficient (Wildman–Crippen LogP) is 5.76. The van der Waals surface area contributed by atoms with Gasteiger partial charge in [-0.2, -0.15) is 0 Å². The molecule has 0 radical (unpaired) electrons. The van der Waals surface area contributed by atoms with Gasteiger partial charge in [-0.3, -0.25) is 0 Å². The van der Waals surface area contributed by atoms with Gasteiger partial charge in [-0.25, -0.2) is 0 Å². The molecule has 1 heterocycles. The monoisotopic (exact) mass is 319 g/mol. The lowest BCUT2D eigenvalue weighted by Crippen LogP contribution is -2.23. The van der Waals surface area contributed by atoms with Gasteiger partial charge in [-0.1, -0.05) is 49.2 Å². The van der Waals surface area contributed by atoms with Crippen molar-refractivity contribution < 1.29 is 0 Å². The Labute approximate surface area is 136 Å². The van der Waals surface area contributed by atoms with Gasteiger partial charge in [0.15, 0.2) is 0 Å². The summed E-state index contributed by atoms with van der Waals surface area (Å²) >= 11 is 8.12. The first-order valence-corrected chi connectivity index (χ1v) is 9.11. The summed E-state index contributed by atoms with van der Waals surface area (Å²) in [7, 11) is 0. The lowest BCUT2D eigenvalue weighted by Gasteiger charge is -2.27. The predicted molar refractivity (Wildman–Crippen MR) is 92.5 cm³/mol. The Balaban J connectivity index is 1.90. The molecular formula is C18H22ClNS. The van der Waals surface area contributed by atoms with E-state index in [9.17, 15) is 0 Å². The van der Waals surface area contributed by atoms with Crippen LogP contribution in [-0.4, -0.2) is 6.54 Å². The standard InChI is InChI=1S/C18H22ClNS/c1-2-10-20-17(18-16(19)9-11-21-18)15-8-4-7-14(12-15)13-5-3-6-13/h4,7-9,11-13,17,20H,2-3,5-6,10H2,1H3. The summed E-state index contributed by atoms with van der Waals surface area (Å²) in [5, 5.41) is 6.61. The topological polar surface area (TPSA) is 12.0 Å². The molecule has 1 aromatic heterocycles. The van der Waals surface area contributed by atoms with E-state index in [0.29, 0.717) is 0 Å². The maximum atomic E-state index is 6.37. The first-order valence-electron chi connectivity index (χ1n) is 7.85. The van der Waals surface area contributed by atoms with Gasteiger partial charge in [0.25, 0.3) is 0 Å². The normalized spacial score (nSPS) is 16.7. The lowest BCUT2D eigenvalue weighted by atomic mass is 9.79. The molecule has 1 aliphatic rings. The third kappa shape index (κ3) is 3.33. The van der Waals surface area contributed by atoms with Crippen molar-refractivity contribution in [1.29, 1.82) is 0 Å². The summed E-state index contributed by atoms with van der Waals surface area (Å²) in [4.78, 5) is 1.23. The zero-order chi connectivity index (χ0) is 14.7. The quantitative estimate of drug-likeness (QED) is 0.714. The van der Waals surface area contributed by atoms with E-state index < -0.39 is 0 Å². The molecule has 1 N–H and O–H groups in total. The van der Waals surface area contributed by atoms with Crippen molar-refractivity contribution in [1.82, 2.24) is 5.32 Å². The van der Waals surface area contributed by atoms with E-state index in [1.54, 1.807) is 11.3 Å². The summed E-state index contributed by atoms with van der Waals surface area (Å²) in [5.41, 5.74) is 2.84. The van der Waals surface area contributed by atoms with E-state index in [-0.39, 0.29) is 6.04 Å². The number of hydrogen-bond acceptors (Lipinski definition) is 2. The number of halogens is 1. The Morgan fingerprint density at radius 3 is 2.81 bits per heavy atom. The minimum atomic E-state index is 0.220. The molecule has 0 aliphatic heterocycles. The highest BCUT2D eigenvalue weighted by Crippen LogP contribution is 2.38. The highest BCUT2D eigenvalue weighted by Gasteiger charge is 2.22. The molecule has 0 bridgehead atoms. The molecule has 1 atom stereocenters. The fourth-order valence-electron chi connectivity index (χ4n) is 2.90. The van der Waals surface area contributed by atoms with Gasteiger partial charge >= 0.3 is 0 Å². The van der Waals surface area contributed by atoms with E-state index in [2.05, 4.69) is 41.9 Å². The summed E-state index contributed by atoms with van der Waals surface area (Å²) in [6, 6.07) is 11.3. The Morgan fingerprint density at radius 2 is 2.19 bits per heavy atom. The van der Waals surface area contributed by atoms with Crippen molar-refractivity contribution in [2.75, 3.05) is 6.54 Å². The van der Waals surface area contributed by atoms with Crippen LogP contribution in [0, 0.1) is 0 Å². The summed E-state index contributed by atoms with van der Waals surface area (Å²) in [6.07, 6.45) is 5.19. The Bertz CT molecular complexity index is 588. The van der Waals surface area contributed by atoms with Crippen LogP contribution in [-0.2, 0) is 0 Å². The summed E-state index contributed by atoms with van der Waals surface area (Å²) < 4.78 is 0. The second kappa shape index (κ2) is 6.95. The number of nitrogens with one attached hydrogen (secondary N) is 1. The molecule has 0 saturated heterocycles. The van der Waals surface area contributed by atoms with Crippen molar-refractivity contribution in [3.8, 4) is 0 Å². The summed E-state index contributed by atoms with van der Waals surface area (Å²) in [6.45, 7) is 3.21. The van der Waals surface area contributed by atoms with Gasteiger partial charge in [0.1, 0.15) is 0 Å². The Hall–Kier alpha value is -0.830. The van der Waals surface area contributed by atoms with Crippen molar-refractivity contribution in [3.63, 3.8) is 0 Å². The van der Waals surface area contributed by atoms with Gasteiger partial charge in [0.05, 0.1) is 11.1 Å². The largest absolute Gasteiger partial charge is 0.306 e. The van der Waals surface area contributed by atoms with Gasteiger partial charge in [-0.05, 0) is 54.3 Å². The lowest BCUT2D eigenvalue weighted by molar-refractivity contribution is 0.419. The van der Waals surface area contributed by atoms with Crippen molar-refractivity contribution in [2.24, 2.45) is 0 Å². The Morgan fingerprint density at radius 1 is 1.33 bits per heavy atom. The number of benzene rings is 1. The van der Waals surface area contributed by atoms with Crippen molar-refractivity contribution in [2.45, 2.75) is 44.6 Å². The molecule has 112 valence electrons. The molecule has 3 rings (SSSR count). The van der Waals surface area contributed by atoms with Crippen LogP contribution in [0.15, 0.2) is 35.7 Å². The third-order valence-corrected chi connectivity index (χ3v) is 5.75. The summed E-state index contributed by atoms with van der Waals surface area (Å²) in [5.74, 6) is 0.774. The first kappa shape index (κ1) is 15.1. The maximum Gasteiger partial charge on any atom is 0.0686 e. The molecule has 1 fully saturated rings. The molecule has 1 aromatic carbocycles. The maximum absolute atomic E-state index is 6.37. The van der Waals surface area contributed by atoms with Gasteiger partial charge in [-0.15, -0.1) is 11.3 Å². The average molecular weight is 320 g/mol. The fraction of sp³-hybridized carbons (Fsp3) is 0.444. The van der Waals surface area contributed by atoms with Gasteiger partial charge in [0.2, 0.25) is 0 Å². The highest BCUT2D eigenvalue weighted by molar-refractivity contribution is 7.10. The van der Waals surface area contributed by atoms with Crippen LogP contribution >= 0.6 is 22.9 Å². The molecule has 1 saturated carbocycles. The molecule has 2 aromatic rings. The fourth-order valence-corrected chi connectivity index (χ4v) is 4.16. The average Bonchev–Trinajstić information content (AvgIpc) is 2.84. The van der Waals surface area contributed by atoms with Crippen LogP contribution in [0.4, 0.5) is 0 Å². The highest BCUT2D eigenvalue weighted by atomic mass is 35.5. The van der Waals surface area contributed by atoms with Crippen LogP contribution in [0.25, 0.3) is 0 Å². The molecule has 21 heavy (non-hydrogen) atoms. The van der Waals surface area contributed by atoms with Crippen LogP contribution in [0.2, 0.25) is 5.02 Å². The van der Waals surface area contributed by atoms with Gasteiger partial charge < -0.3 is 5.32 Å². The number of hydrogen-bond donors (Lipinski definition) is 1. The van der Waals surface area contributed by atoms with E-state index in [1.807, 2.05) is 6.07 Å². The van der Waals surface area contributed by atoms with Crippen molar-refractivity contribution >= 4 is 22.9 Å². The second-order valence-electron chi connectivity index (χ2n) is 5.82. The molecule has 0 spiro atoms. The molecular weight excluding hydrogens is 298 g/mol. The van der Waals surface area contributed by atoms with Crippen LogP contribution in [0.1, 0.15) is 60.6 Å². The molecule has 1 aliphatic carbocycles. The molecule has 1 nitrogen and oxygen atoms in total. The number of thiophene rings is 1. The van der Waals surface area contributed by atoms with Gasteiger partial charge in [0, 0.05) is 4.88 Å². The smallest absolute Gasteiger partial charge is 0.0686 e. The SMILES string of the molecule is CCCNC(c1cccc(C2CCC2)c1)c1sccc1Cl. The second-order valence-corrected chi connectivity index (χ2v) is 7.17. The van der Waals surface area contributed by atoms with Crippen LogP contribution in [0.3, 0.4) is 0 Å². The zero-order valence-electron chi connectivity index (χ0n) is 12.4. The van der Waals surface area contributed by atoms with E-state index >= 15 is 0 Å².